The smallest absolute Gasteiger partial charge is 0.153 e. The van der Waals surface area contributed by atoms with Crippen molar-refractivity contribution in [2.75, 3.05) is 7.05 Å². The van der Waals surface area contributed by atoms with E-state index in [1.54, 1.807) is 17.0 Å². The minimum atomic E-state index is -0.630. The van der Waals surface area contributed by atoms with E-state index < -0.39 is 6.23 Å². The Bertz CT molecular complexity index is 446. The molecular weight excluding hydrogens is 202 g/mol. The van der Waals surface area contributed by atoms with Crippen LogP contribution in [0.4, 0.5) is 0 Å². The first-order valence-corrected chi connectivity index (χ1v) is 5.18. The van der Waals surface area contributed by atoms with E-state index in [9.17, 15) is 10.2 Å². The number of phenols is 1. The summed E-state index contributed by atoms with van der Waals surface area (Å²) >= 11 is 0. The van der Waals surface area contributed by atoms with E-state index in [1.165, 1.54) is 0 Å². The second kappa shape index (κ2) is 4.02. The van der Waals surface area contributed by atoms with Crippen molar-refractivity contribution < 1.29 is 10.2 Å². The maximum atomic E-state index is 10.1. The molecular formula is C13H15NO2. The number of aromatic hydroxyl groups is 1. The minimum absolute atomic E-state index is 0.233. The van der Waals surface area contributed by atoms with Gasteiger partial charge in [-0.15, -0.1) is 0 Å². The highest BCUT2D eigenvalue weighted by molar-refractivity contribution is 5.74. The Balaban J connectivity index is 2.45. The van der Waals surface area contributed by atoms with Gasteiger partial charge in [0.1, 0.15) is 5.75 Å². The largest absolute Gasteiger partial charge is 0.508 e. The molecule has 1 aromatic rings. The van der Waals surface area contributed by atoms with Crippen LogP contribution in [0.5, 0.6) is 5.75 Å². The van der Waals surface area contributed by atoms with Gasteiger partial charge in [0.15, 0.2) is 6.23 Å². The fourth-order valence-corrected chi connectivity index (χ4v) is 1.83. The number of benzene rings is 1. The summed E-state index contributed by atoms with van der Waals surface area (Å²) in [7, 11) is 1.83. The Morgan fingerprint density at radius 1 is 1.19 bits per heavy atom. The maximum absolute atomic E-state index is 10.1. The van der Waals surface area contributed by atoms with Crippen LogP contribution in [0.25, 0.3) is 5.57 Å². The Kier molecular flexibility index (Phi) is 2.71. The normalized spacial score (nSPS) is 20.4. The fourth-order valence-electron chi connectivity index (χ4n) is 1.83. The van der Waals surface area contributed by atoms with Crippen molar-refractivity contribution in [3.8, 4) is 5.75 Å². The molecule has 3 nitrogen and oxygen atoms in total. The third-order valence-corrected chi connectivity index (χ3v) is 2.81. The van der Waals surface area contributed by atoms with Gasteiger partial charge in [0, 0.05) is 18.8 Å². The molecule has 0 aliphatic carbocycles. The molecule has 0 spiro atoms. The van der Waals surface area contributed by atoms with Crippen molar-refractivity contribution in [3.05, 3.63) is 47.7 Å². The van der Waals surface area contributed by atoms with Crippen LogP contribution < -0.4 is 0 Å². The molecule has 1 atom stereocenters. The molecule has 16 heavy (non-hydrogen) atoms. The number of likely N-dealkylation sites (N-methyl/N-ethyl adjacent to an activating group) is 1. The van der Waals surface area contributed by atoms with Gasteiger partial charge in [-0.3, -0.25) is 0 Å². The lowest BCUT2D eigenvalue weighted by molar-refractivity contribution is 0.106. The third-order valence-electron chi connectivity index (χ3n) is 2.81. The van der Waals surface area contributed by atoms with Gasteiger partial charge in [0.05, 0.1) is 0 Å². The first-order chi connectivity index (χ1) is 7.59. The van der Waals surface area contributed by atoms with Crippen LogP contribution >= 0.6 is 0 Å². The zero-order valence-corrected chi connectivity index (χ0v) is 9.38. The quantitative estimate of drug-likeness (QED) is 0.755. The van der Waals surface area contributed by atoms with Crippen molar-refractivity contribution in [1.82, 2.24) is 4.90 Å². The highest BCUT2D eigenvalue weighted by atomic mass is 16.3. The molecule has 0 saturated carbocycles. The molecule has 2 rings (SSSR count). The fraction of sp³-hybridized carbons (Fsp3) is 0.231. The van der Waals surface area contributed by atoms with Crippen molar-refractivity contribution >= 4 is 5.57 Å². The molecule has 1 aliphatic heterocycles. The Labute approximate surface area is 94.9 Å². The molecule has 0 radical (unpaired) electrons. The first kappa shape index (κ1) is 10.8. The third kappa shape index (κ3) is 1.82. The van der Waals surface area contributed by atoms with Crippen LogP contribution in [0.1, 0.15) is 12.5 Å². The average molecular weight is 217 g/mol. The number of hydrogen-bond donors (Lipinski definition) is 2. The molecule has 1 heterocycles. The van der Waals surface area contributed by atoms with E-state index in [2.05, 4.69) is 0 Å². The zero-order valence-electron chi connectivity index (χ0n) is 9.38. The first-order valence-electron chi connectivity index (χ1n) is 5.18. The van der Waals surface area contributed by atoms with Crippen LogP contribution in [-0.2, 0) is 0 Å². The summed E-state index contributed by atoms with van der Waals surface area (Å²) in [6.45, 7) is 1.97. The van der Waals surface area contributed by atoms with Gasteiger partial charge in [0.25, 0.3) is 0 Å². The molecule has 2 N–H and O–H groups in total. The van der Waals surface area contributed by atoms with E-state index in [4.69, 9.17) is 0 Å². The number of aliphatic hydroxyl groups excluding tert-OH is 1. The topological polar surface area (TPSA) is 43.7 Å². The zero-order chi connectivity index (χ0) is 11.7. The molecule has 1 unspecified atom stereocenters. The van der Waals surface area contributed by atoms with E-state index in [0.717, 1.165) is 16.7 Å². The van der Waals surface area contributed by atoms with Crippen LogP contribution in [0, 0.1) is 0 Å². The van der Waals surface area contributed by atoms with E-state index >= 15 is 0 Å². The molecule has 84 valence electrons. The molecule has 0 fully saturated rings. The lowest BCUT2D eigenvalue weighted by Crippen LogP contribution is -2.30. The number of rotatable bonds is 1. The molecule has 0 saturated heterocycles. The summed E-state index contributed by atoms with van der Waals surface area (Å²) in [5, 5.41) is 19.3. The highest BCUT2D eigenvalue weighted by Gasteiger charge is 2.20. The second-order valence-electron chi connectivity index (χ2n) is 4.00. The standard InChI is InChI=1S/C13H15NO2/c1-9-7-8-14(2)13(16)12(9)10-3-5-11(15)6-4-10/h3-8,13,15-16H,1-2H3. The lowest BCUT2D eigenvalue weighted by atomic mass is 9.96. The summed E-state index contributed by atoms with van der Waals surface area (Å²) < 4.78 is 0. The van der Waals surface area contributed by atoms with Gasteiger partial charge in [-0.25, -0.2) is 0 Å². The number of hydrogen-bond acceptors (Lipinski definition) is 3. The van der Waals surface area contributed by atoms with Crippen molar-refractivity contribution in [2.24, 2.45) is 0 Å². The van der Waals surface area contributed by atoms with E-state index in [0.29, 0.717) is 0 Å². The van der Waals surface area contributed by atoms with Crippen molar-refractivity contribution in [2.45, 2.75) is 13.2 Å². The van der Waals surface area contributed by atoms with Gasteiger partial charge in [-0.2, -0.15) is 0 Å². The van der Waals surface area contributed by atoms with Gasteiger partial charge >= 0.3 is 0 Å². The van der Waals surface area contributed by atoms with Crippen LogP contribution in [0.15, 0.2) is 42.1 Å². The highest BCUT2D eigenvalue weighted by Crippen LogP contribution is 2.29. The van der Waals surface area contributed by atoms with E-state index in [-0.39, 0.29) is 5.75 Å². The Morgan fingerprint density at radius 3 is 2.44 bits per heavy atom. The number of aliphatic hydroxyl groups is 1. The van der Waals surface area contributed by atoms with E-state index in [1.807, 2.05) is 38.4 Å². The summed E-state index contributed by atoms with van der Waals surface area (Å²) in [5.74, 6) is 0.233. The van der Waals surface area contributed by atoms with Crippen LogP contribution in [0.2, 0.25) is 0 Å². The Hall–Kier alpha value is -1.74. The van der Waals surface area contributed by atoms with Crippen molar-refractivity contribution in [1.29, 1.82) is 0 Å². The predicted molar refractivity (Wildman–Crippen MR) is 63.6 cm³/mol. The predicted octanol–water partition coefficient (Wildman–Crippen LogP) is 1.94. The van der Waals surface area contributed by atoms with Crippen molar-refractivity contribution in [3.63, 3.8) is 0 Å². The second-order valence-corrected chi connectivity index (χ2v) is 4.00. The van der Waals surface area contributed by atoms with Gasteiger partial charge < -0.3 is 15.1 Å². The molecule has 1 aromatic carbocycles. The monoisotopic (exact) mass is 217 g/mol. The maximum Gasteiger partial charge on any atom is 0.153 e. The summed E-state index contributed by atoms with van der Waals surface area (Å²) in [6, 6.07) is 6.87. The molecule has 0 aromatic heterocycles. The average Bonchev–Trinajstić information content (AvgIpc) is 2.27. The number of nitrogens with zero attached hydrogens (tertiary/aromatic N) is 1. The number of phenolic OH excluding ortho intramolecular Hbond substituents is 1. The van der Waals surface area contributed by atoms with Gasteiger partial charge in [0.2, 0.25) is 0 Å². The molecule has 3 heteroatoms. The number of allylic oxidation sites excluding steroid dienone is 2. The Morgan fingerprint density at radius 2 is 1.81 bits per heavy atom. The molecule has 1 aliphatic rings. The lowest BCUT2D eigenvalue weighted by Gasteiger charge is -2.29. The minimum Gasteiger partial charge on any atom is -0.508 e. The molecule has 0 amide bonds. The summed E-state index contributed by atoms with van der Waals surface area (Å²) in [6.07, 6.45) is 3.19. The van der Waals surface area contributed by atoms with Gasteiger partial charge in [-0.05, 0) is 36.3 Å². The summed E-state index contributed by atoms with van der Waals surface area (Å²) in [4.78, 5) is 1.75. The van der Waals surface area contributed by atoms with Gasteiger partial charge in [-0.1, -0.05) is 12.1 Å². The van der Waals surface area contributed by atoms with Crippen LogP contribution in [0.3, 0.4) is 0 Å². The SMILES string of the molecule is CC1=C(c2ccc(O)cc2)C(O)N(C)C=C1. The summed E-state index contributed by atoms with van der Waals surface area (Å²) in [5.41, 5.74) is 2.85. The van der Waals surface area contributed by atoms with Crippen LogP contribution in [-0.4, -0.2) is 28.4 Å². The molecule has 0 bridgehead atoms.